The van der Waals surface area contributed by atoms with Crippen molar-refractivity contribution in [3.63, 3.8) is 0 Å². The zero-order valence-electron chi connectivity index (χ0n) is 10.7. The summed E-state index contributed by atoms with van der Waals surface area (Å²) >= 11 is 0. The summed E-state index contributed by atoms with van der Waals surface area (Å²) in [5.41, 5.74) is 6.82. The van der Waals surface area contributed by atoms with Crippen LogP contribution in [0.15, 0.2) is 24.3 Å². The molecule has 1 aliphatic carbocycles. The Morgan fingerprint density at radius 3 is 2.89 bits per heavy atom. The lowest BCUT2D eigenvalue weighted by molar-refractivity contribution is 0.0997. The first-order valence-corrected chi connectivity index (χ1v) is 6.31. The van der Waals surface area contributed by atoms with E-state index in [-0.39, 0.29) is 6.10 Å². The second-order valence-corrected chi connectivity index (χ2v) is 5.17. The highest BCUT2D eigenvalue weighted by Gasteiger charge is 2.30. The summed E-state index contributed by atoms with van der Waals surface area (Å²) in [6.07, 6.45) is 2.06. The van der Waals surface area contributed by atoms with Gasteiger partial charge in [-0.2, -0.15) is 0 Å². The normalized spacial score (nSPS) is 16.8. The second-order valence-electron chi connectivity index (χ2n) is 5.17. The number of nitrogens with zero attached hydrogens (tertiary/aromatic N) is 1. The third-order valence-corrected chi connectivity index (χ3v) is 3.33. The van der Waals surface area contributed by atoms with Crippen molar-refractivity contribution in [1.82, 2.24) is 4.90 Å². The van der Waals surface area contributed by atoms with Gasteiger partial charge < -0.3 is 10.8 Å². The van der Waals surface area contributed by atoms with E-state index in [0.29, 0.717) is 24.6 Å². The predicted molar refractivity (Wildman–Crippen MR) is 70.0 cm³/mol. The smallest absolute Gasteiger partial charge is 0.248 e. The van der Waals surface area contributed by atoms with E-state index in [1.54, 1.807) is 6.07 Å². The van der Waals surface area contributed by atoms with Gasteiger partial charge in [-0.05, 0) is 43.5 Å². The van der Waals surface area contributed by atoms with Crippen molar-refractivity contribution in [2.24, 2.45) is 11.7 Å². The highest BCUT2D eigenvalue weighted by Crippen LogP contribution is 2.32. The summed E-state index contributed by atoms with van der Waals surface area (Å²) in [4.78, 5) is 13.2. The number of likely N-dealkylation sites (N-methyl/N-ethyl adjacent to an activating group) is 1. The van der Waals surface area contributed by atoms with E-state index in [0.717, 1.165) is 18.4 Å². The Morgan fingerprint density at radius 1 is 1.56 bits per heavy atom. The van der Waals surface area contributed by atoms with Gasteiger partial charge in [0.25, 0.3) is 0 Å². The van der Waals surface area contributed by atoms with Gasteiger partial charge in [-0.25, -0.2) is 0 Å². The fraction of sp³-hybridized carbons (Fsp3) is 0.500. The Hall–Kier alpha value is -1.39. The maximum atomic E-state index is 11.1. The van der Waals surface area contributed by atoms with E-state index in [4.69, 9.17) is 5.73 Å². The van der Waals surface area contributed by atoms with Crippen molar-refractivity contribution < 1.29 is 9.90 Å². The van der Waals surface area contributed by atoms with E-state index in [1.165, 1.54) is 0 Å². The van der Waals surface area contributed by atoms with Gasteiger partial charge in [0.05, 0.1) is 6.10 Å². The van der Waals surface area contributed by atoms with Crippen molar-refractivity contribution in [1.29, 1.82) is 0 Å². The summed E-state index contributed by atoms with van der Waals surface area (Å²) in [7, 11) is 1.97. The maximum Gasteiger partial charge on any atom is 0.248 e. The number of amides is 1. The third-order valence-electron chi connectivity index (χ3n) is 3.33. The number of carbonyl (C=O) groups is 1. The molecule has 0 radical (unpaired) electrons. The minimum atomic E-state index is -0.405. The van der Waals surface area contributed by atoms with Crippen molar-refractivity contribution in [3.8, 4) is 0 Å². The molecule has 1 amide bonds. The van der Waals surface area contributed by atoms with Gasteiger partial charge in [-0.15, -0.1) is 0 Å². The van der Waals surface area contributed by atoms with Crippen LogP contribution in [0.1, 0.15) is 28.8 Å². The lowest BCUT2D eigenvalue weighted by Gasteiger charge is -2.20. The number of aliphatic hydroxyl groups is 1. The average molecular weight is 248 g/mol. The van der Waals surface area contributed by atoms with Gasteiger partial charge in [-0.3, -0.25) is 9.69 Å². The van der Waals surface area contributed by atoms with Gasteiger partial charge in [0, 0.05) is 18.7 Å². The molecule has 1 aromatic rings. The largest absolute Gasteiger partial charge is 0.392 e. The van der Waals surface area contributed by atoms with E-state index in [2.05, 4.69) is 4.90 Å². The van der Waals surface area contributed by atoms with Gasteiger partial charge in [-0.1, -0.05) is 12.1 Å². The zero-order chi connectivity index (χ0) is 13.1. The monoisotopic (exact) mass is 248 g/mol. The van der Waals surface area contributed by atoms with Crippen molar-refractivity contribution in [2.45, 2.75) is 25.5 Å². The molecular weight excluding hydrogens is 228 g/mol. The highest BCUT2D eigenvalue weighted by molar-refractivity contribution is 5.92. The Kier molecular flexibility index (Phi) is 3.99. The second kappa shape index (κ2) is 5.50. The molecule has 0 saturated heterocycles. The van der Waals surface area contributed by atoms with Crippen molar-refractivity contribution in [3.05, 3.63) is 35.4 Å². The molecule has 0 heterocycles. The summed E-state index contributed by atoms with van der Waals surface area (Å²) in [5, 5.41) is 9.86. The van der Waals surface area contributed by atoms with Gasteiger partial charge in [0.2, 0.25) is 5.91 Å². The lowest BCUT2D eigenvalue weighted by Crippen LogP contribution is -2.30. The summed E-state index contributed by atoms with van der Waals surface area (Å²) in [6.45, 7) is 1.39. The predicted octanol–water partition coefficient (Wildman–Crippen LogP) is 0.988. The summed E-state index contributed by atoms with van der Waals surface area (Å²) < 4.78 is 0. The van der Waals surface area contributed by atoms with Crippen molar-refractivity contribution >= 4 is 5.91 Å². The molecule has 3 N–H and O–H groups in total. The molecule has 1 unspecified atom stereocenters. The summed E-state index contributed by atoms with van der Waals surface area (Å²) in [6, 6.07) is 7.32. The van der Waals surface area contributed by atoms with E-state index < -0.39 is 5.91 Å². The SMILES string of the molecule is CN(Cc1cccc(C(N)=O)c1)CC(O)C1CC1. The number of hydrogen-bond donors (Lipinski definition) is 2. The number of hydrogen-bond acceptors (Lipinski definition) is 3. The standard InChI is InChI=1S/C14H20N2O2/c1-16(9-13(17)11-5-6-11)8-10-3-2-4-12(7-10)14(15)18/h2-4,7,11,13,17H,5-6,8-9H2,1H3,(H2,15,18). The molecule has 1 aromatic carbocycles. The third kappa shape index (κ3) is 3.55. The molecule has 1 aliphatic rings. The van der Waals surface area contributed by atoms with Gasteiger partial charge in [0.1, 0.15) is 0 Å². The van der Waals surface area contributed by atoms with Crippen LogP contribution < -0.4 is 5.73 Å². The van der Waals surface area contributed by atoms with Crippen molar-refractivity contribution in [2.75, 3.05) is 13.6 Å². The van der Waals surface area contributed by atoms with E-state index in [9.17, 15) is 9.90 Å². The molecule has 1 saturated carbocycles. The molecule has 0 aromatic heterocycles. The molecule has 98 valence electrons. The maximum absolute atomic E-state index is 11.1. The van der Waals surface area contributed by atoms with Crippen LogP contribution >= 0.6 is 0 Å². The molecule has 1 fully saturated rings. The minimum Gasteiger partial charge on any atom is -0.392 e. The molecule has 18 heavy (non-hydrogen) atoms. The number of aliphatic hydroxyl groups excluding tert-OH is 1. The van der Waals surface area contributed by atoms with E-state index in [1.807, 2.05) is 25.2 Å². The first-order chi connectivity index (χ1) is 8.56. The van der Waals surface area contributed by atoms with Gasteiger partial charge in [0.15, 0.2) is 0 Å². The Morgan fingerprint density at radius 2 is 2.28 bits per heavy atom. The number of rotatable bonds is 6. The topological polar surface area (TPSA) is 66.6 Å². The van der Waals surface area contributed by atoms with Crippen LogP contribution in [0.5, 0.6) is 0 Å². The zero-order valence-corrected chi connectivity index (χ0v) is 10.7. The molecule has 0 spiro atoms. The highest BCUT2D eigenvalue weighted by atomic mass is 16.3. The minimum absolute atomic E-state index is 0.227. The fourth-order valence-corrected chi connectivity index (χ4v) is 2.15. The number of nitrogens with two attached hydrogens (primary N) is 1. The number of carbonyl (C=O) groups excluding carboxylic acids is 1. The molecule has 2 rings (SSSR count). The lowest BCUT2D eigenvalue weighted by atomic mass is 10.1. The Labute approximate surface area is 107 Å². The summed E-state index contributed by atoms with van der Waals surface area (Å²) in [5.74, 6) is 0.0851. The van der Waals surface area contributed by atoms with E-state index >= 15 is 0 Å². The molecule has 0 bridgehead atoms. The van der Waals surface area contributed by atoms with Crippen LogP contribution in [0.2, 0.25) is 0 Å². The molecular formula is C14H20N2O2. The van der Waals surface area contributed by atoms with Gasteiger partial charge >= 0.3 is 0 Å². The van der Waals surface area contributed by atoms with Crippen LogP contribution in [0.25, 0.3) is 0 Å². The Bertz CT molecular complexity index is 430. The van der Waals surface area contributed by atoms with Crippen LogP contribution in [0.4, 0.5) is 0 Å². The molecule has 1 atom stereocenters. The van der Waals surface area contributed by atoms with Crippen LogP contribution in [-0.2, 0) is 6.54 Å². The average Bonchev–Trinajstić information content (AvgIpc) is 3.12. The quantitative estimate of drug-likeness (QED) is 0.789. The van der Waals surface area contributed by atoms with Crippen LogP contribution in [0.3, 0.4) is 0 Å². The first-order valence-electron chi connectivity index (χ1n) is 6.31. The molecule has 4 nitrogen and oxygen atoms in total. The molecule has 0 aliphatic heterocycles. The number of primary amides is 1. The Balaban J connectivity index is 1.91. The van der Waals surface area contributed by atoms with Crippen LogP contribution in [-0.4, -0.2) is 35.6 Å². The van der Waals surface area contributed by atoms with Crippen LogP contribution in [0, 0.1) is 5.92 Å². The number of benzene rings is 1. The first kappa shape index (κ1) is 13.1. The molecule has 4 heteroatoms. The fourth-order valence-electron chi connectivity index (χ4n) is 2.15.